The highest BCUT2D eigenvalue weighted by Crippen LogP contribution is 2.30. The number of amides is 2. The summed E-state index contributed by atoms with van der Waals surface area (Å²) in [6.45, 7) is 4.09. The van der Waals surface area contributed by atoms with Crippen LogP contribution in [0, 0.1) is 6.92 Å². The summed E-state index contributed by atoms with van der Waals surface area (Å²) in [6, 6.07) is 3.72. The molecule has 24 heavy (non-hydrogen) atoms. The Hall–Kier alpha value is -2.24. The van der Waals surface area contributed by atoms with E-state index >= 15 is 0 Å². The number of aryl methyl sites for hydroxylation is 1. The van der Waals surface area contributed by atoms with Crippen LogP contribution in [0.1, 0.15) is 30.4 Å². The number of nitrogens with zero attached hydrogens (tertiary/aromatic N) is 1. The zero-order chi connectivity index (χ0) is 17.5. The molecule has 1 N–H and O–H groups in total. The SMILES string of the molecule is COc1cc(C)c(CC(=O)NCCCN2CCCC2=O)cc1OC. The summed E-state index contributed by atoms with van der Waals surface area (Å²) < 4.78 is 10.5. The van der Waals surface area contributed by atoms with E-state index in [0.717, 1.165) is 30.5 Å². The van der Waals surface area contributed by atoms with Gasteiger partial charge < -0.3 is 19.7 Å². The molecule has 1 fully saturated rings. The first-order valence-corrected chi connectivity index (χ1v) is 8.31. The predicted molar refractivity (Wildman–Crippen MR) is 91.4 cm³/mol. The molecule has 6 heteroatoms. The normalized spacial score (nSPS) is 14.0. The lowest BCUT2D eigenvalue weighted by Gasteiger charge is -2.15. The first-order valence-electron chi connectivity index (χ1n) is 8.31. The molecular formula is C18H26N2O4. The Bertz CT molecular complexity index is 601. The van der Waals surface area contributed by atoms with Crippen LogP contribution >= 0.6 is 0 Å². The highest BCUT2D eigenvalue weighted by Gasteiger charge is 2.19. The minimum atomic E-state index is -0.0296. The molecule has 0 bridgehead atoms. The maximum absolute atomic E-state index is 12.1. The fraction of sp³-hybridized carbons (Fsp3) is 0.556. The maximum Gasteiger partial charge on any atom is 0.224 e. The van der Waals surface area contributed by atoms with Gasteiger partial charge in [0, 0.05) is 26.1 Å². The second-order valence-electron chi connectivity index (χ2n) is 6.00. The highest BCUT2D eigenvalue weighted by molar-refractivity contribution is 5.79. The number of rotatable bonds is 8. The fourth-order valence-electron chi connectivity index (χ4n) is 2.89. The Morgan fingerprint density at radius 2 is 1.96 bits per heavy atom. The third-order valence-corrected chi connectivity index (χ3v) is 4.29. The Balaban J connectivity index is 1.80. The molecule has 2 amide bonds. The lowest BCUT2D eigenvalue weighted by molar-refractivity contribution is -0.127. The van der Waals surface area contributed by atoms with Crippen molar-refractivity contribution in [1.82, 2.24) is 10.2 Å². The van der Waals surface area contributed by atoms with Crippen LogP contribution in [0.3, 0.4) is 0 Å². The Kier molecular flexibility index (Phi) is 6.46. The van der Waals surface area contributed by atoms with Gasteiger partial charge in [-0.25, -0.2) is 0 Å². The molecule has 132 valence electrons. The zero-order valence-corrected chi connectivity index (χ0v) is 14.7. The minimum absolute atomic E-state index is 0.0296. The van der Waals surface area contributed by atoms with Gasteiger partial charge in [0.15, 0.2) is 11.5 Å². The number of methoxy groups -OCH3 is 2. The van der Waals surface area contributed by atoms with E-state index in [1.54, 1.807) is 14.2 Å². The maximum atomic E-state index is 12.1. The third-order valence-electron chi connectivity index (χ3n) is 4.29. The highest BCUT2D eigenvalue weighted by atomic mass is 16.5. The van der Waals surface area contributed by atoms with Crippen LogP contribution < -0.4 is 14.8 Å². The minimum Gasteiger partial charge on any atom is -0.493 e. The van der Waals surface area contributed by atoms with Gasteiger partial charge in [0.05, 0.1) is 20.6 Å². The number of nitrogens with one attached hydrogen (secondary N) is 1. The molecule has 0 saturated carbocycles. The summed E-state index contributed by atoms with van der Waals surface area (Å²) in [5, 5.41) is 2.91. The largest absolute Gasteiger partial charge is 0.493 e. The van der Waals surface area contributed by atoms with Crippen molar-refractivity contribution in [2.45, 2.75) is 32.6 Å². The van der Waals surface area contributed by atoms with Gasteiger partial charge >= 0.3 is 0 Å². The number of hydrogen-bond acceptors (Lipinski definition) is 4. The van der Waals surface area contributed by atoms with E-state index in [1.165, 1.54) is 0 Å². The first kappa shape index (κ1) is 18.1. The second kappa shape index (κ2) is 8.57. The van der Waals surface area contributed by atoms with E-state index in [0.29, 0.717) is 37.4 Å². The van der Waals surface area contributed by atoms with Crippen LogP contribution in [-0.2, 0) is 16.0 Å². The Labute approximate surface area is 143 Å². The lowest BCUT2D eigenvalue weighted by atomic mass is 10.0. The molecule has 2 rings (SSSR count). The molecule has 1 aromatic carbocycles. The van der Waals surface area contributed by atoms with E-state index in [9.17, 15) is 9.59 Å². The zero-order valence-electron chi connectivity index (χ0n) is 14.7. The van der Waals surface area contributed by atoms with Crippen molar-refractivity contribution in [1.29, 1.82) is 0 Å². The number of benzene rings is 1. The van der Waals surface area contributed by atoms with Crippen LogP contribution in [0.2, 0.25) is 0 Å². The van der Waals surface area contributed by atoms with E-state index in [4.69, 9.17) is 9.47 Å². The monoisotopic (exact) mass is 334 g/mol. The van der Waals surface area contributed by atoms with Crippen molar-refractivity contribution in [3.8, 4) is 11.5 Å². The Morgan fingerprint density at radius 3 is 2.58 bits per heavy atom. The molecule has 0 aromatic heterocycles. The molecule has 1 aromatic rings. The number of carbonyl (C=O) groups is 2. The van der Waals surface area contributed by atoms with Crippen molar-refractivity contribution in [2.24, 2.45) is 0 Å². The first-order chi connectivity index (χ1) is 11.5. The van der Waals surface area contributed by atoms with Crippen molar-refractivity contribution >= 4 is 11.8 Å². The predicted octanol–water partition coefficient (Wildman–Crippen LogP) is 1.68. The van der Waals surface area contributed by atoms with Crippen LogP contribution in [0.25, 0.3) is 0 Å². The van der Waals surface area contributed by atoms with Crippen LogP contribution in [-0.4, -0.2) is 50.6 Å². The molecule has 6 nitrogen and oxygen atoms in total. The second-order valence-corrected chi connectivity index (χ2v) is 6.00. The number of carbonyl (C=O) groups excluding carboxylic acids is 2. The van der Waals surface area contributed by atoms with Gasteiger partial charge in [-0.3, -0.25) is 9.59 Å². The molecule has 0 unspecified atom stereocenters. The molecule has 1 saturated heterocycles. The fourth-order valence-corrected chi connectivity index (χ4v) is 2.89. The smallest absolute Gasteiger partial charge is 0.224 e. The molecule has 0 atom stereocenters. The van der Waals surface area contributed by atoms with E-state index in [-0.39, 0.29) is 11.8 Å². The number of likely N-dealkylation sites (tertiary alicyclic amines) is 1. The third kappa shape index (κ3) is 4.63. The topological polar surface area (TPSA) is 67.9 Å². The van der Waals surface area contributed by atoms with Crippen molar-refractivity contribution in [2.75, 3.05) is 33.9 Å². The van der Waals surface area contributed by atoms with Gasteiger partial charge in [0.2, 0.25) is 11.8 Å². The van der Waals surface area contributed by atoms with Crippen LogP contribution in [0.4, 0.5) is 0 Å². The van der Waals surface area contributed by atoms with Crippen LogP contribution in [0.5, 0.6) is 11.5 Å². The van der Waals surface area contributed by atoms with Crippen molar-refractivity contribution < 1.29 is 19.1 Å². The molecule has 1 heterocycles. The molecule has 1 aliphatic heterocycles. The summed E-state index contributed by atoms with van der Waals surface area (Å²) in [4.78, 5) is 25.5. The lowest BCUT2D eigenvalue weighted by Crippen LogP contribution is -2.31. The number of hydrogen-bond donors (Lipinski definition) is 1. The molecule has 0 spiro atoms. The van der Waals surface area contributed by atoms with Gasteiger partial charge in [-0.1, -0.05) is 0 Å². The summed E-state index contributed by atoms with van der Waals surface area (Å²) in [5.74, 6) is 1.48. The summed E-state index contributed by atoms with van der Waals surface area (Å²) in [5.41, 5.74) is 1.91. The standard InChI is InChI=1S/C18H26N2O4/c1-13-10-15(23-2)16(24-3)11-14(13)12-17(21)19-7-5-9-20-8-4-6-18(20)22/h10-11H,4-9,12H2,1-3H3,(H,19,21). The summed E-state index contributed by atoms with van der Waals surface area (Å²) >= 11 is 0. The summed E-state index contributed by atoms with van der Waals surface area (Å²) in [6.07, 6.45) is 2.69. The molecule has 0 radical (unpaired) electrons. The van der Waals surface area contributed by atoms with E-state index in [1.807, 2.05) is 24.0 Å². The van der Waals surface area contributed by atoms with Gasteiger partial charge in [0.25, 0.3) is 0 Å². The average Bonchev–Trinajstić information content (AvgIpc) is 2.98. The summed E-state index contributed by atoms with van der Waals surface area (Å²) in [7, 11) is 3.17. The van der Waals surface area contributed by atoms with Gasteiger partial charge in [-0.2, -0.15) is 0 Å². The quantitative estimate of drug-likeness (QED) is 0.735. The van der Waals surface area contributed by atoms with Gasteiger partial charge in [-0.15, -0.1) is 0 Å². The van der Waals surface area contributed by atoms with Crippen molar-refractivity contribution in [3.05, 3.63) is 23.3 Å². The molecule has 1 aliphatic rings. The van der Waals surface area contributed by atoms with Crippen molar-refractivity contribution in [3.63, 3.8) is 0 Å². The molecular weight excluding hydrogens is 308 g/mol. The number of ether oxygens (including phenoxy) is 2. The Morgan fingerprint density at radius 1 is 1.25 bits per heavy atom. The average molecular weight is 334 g/mol. The van der Waals surface area contributed by atoms with E-state index in [2.05, 4.69) is 5.32 Å². The van der Waals surface area contributed by atoms with E-state index < -0.39 is 0 Å². The van der Waals surface area contributed by atoms with Gasteiger partial charge in [0.1, 0.15) is 0 Å². The molecule has 0 aliphatic carbocycles. The van der Waals surface area contributed by atoms with Crippen LogP contribution in [0.15, 0.2) is 12.1 Å². The van der Waals surface area contributed by atoms with Gasteiger partial charge in [-0.05, 0) is 43.0 Å².